The Bertz CT molecular complexity index is 476. The van der Waals surface area contributed by atoms with E-state index in [0.717, 1.165) is 12.1 Å². The van der Waals surface area contributed by atoms with Crippen molar-refractivity contribution in [3.8, 4) is 0 Å². The van der Waals surface area contributed by atoms with Gasteiger partial charge in [-0.2, -0.15) is 0 Å². The molecule has 3 heteroatoms. The number of nitrogens with two attached hydrogens (primary N) is 1. The molecule has 1 fully saturated rings. The molecule has 1 aliphatic heterocycles. The summed E-state index contributed by atoms with van der Waals surface area (Å²) in [4.78, 5) is 14.0. The molecule has 2 unspecified atom stereocenters. The normalized spacial score (nSPS) is 20.8. The van der Waals surface area contributed by atoms with Gasteiger partial charge < -0.3 is 10.6 Å². The van der Waals surface area contributed by atoms with E-state index in [0.29, 0.717) is 24.8 Å². The maximum Gasteiger partial charge on any atom is 0.222 e. The monoisotopic (exact) mass is 274 g/mol. The fraction of sp³-hybridized carbons (Fsp3) is 0.588. The van der Waals surface area contributed by atoms with E-state index in [-0.39, 0.29) is 11.9 Å². The van der Waals surface area contributed by atoms with Crippen LogP contribution < -0.4 is 5.73 Å². The van der Waals surface area contributed by atoms with Gasteiger partial charge in [-0.15, -0.1) is 0 Å². The van der Waals surface area contributed by atoms with Gasteiger partial charge in [0, 0.05) is 25.6 Å². The summed E-state index contributed by atoms with van der Waals surface area (Å²) in [5, 5.41) is 0. The minimum Gasteiger partial charge on any atom is -0.340 e. The SMILES string of the molecule is Cc1cc(C)cc(C(N)CN2CC(C(C)C)CC2=O)c1. The predicted octanol–water partition coefficient (Wildman–Crippen LogP) is 2.81. The molecule has 0 bridgehead atoms. The Labute approximate surface area is 122 Å². The van der Waals surface area contributed by atoms with Gasteiger partial charge in [0.1, 0.15) is 0 Å². The van der Waals surface area contributed by atoms with E-state index in [9.17, 15) is 4.79 Å². The Morgan fingerprint density at radius 1 is 1.25 bits per heavy atom. The van der Waals surface area contributed by atoms with E-state index < -0.39 is 0 Å². The van der Waals surface area contributed by atoms with E-state index in [2.05, 4.69) is 45.9 Å². The molecular weight excluding hydrogens is 248 g/mol. The molecule has 2 rings (SSSR count). The van der Waals surface area contributed by atoms with Crippen LogP contribution >= 0.6 is 0 Å². The highest BCUT2D eigenvalue weighted by atomic mass is 16.2. The summed E-state index contributed by atoms with van der Waals surface area (Å²) >= 11 is 0. The van der Waals surface area contributed by atoms with Crippen LogP contribution in [0.15, 0.2) is 18.2 Å². The molecule has 20 heavy (non-hydrogen) atoms. The molecule has 1 heterocycles. The molecule has 0 radical (unpaired) electrons. The lowest BCUT2D eigenvalue weighted by molar-refractivity contribution is -0.128. The van der Waals surface area contributed by atoms with Crippen LogP contribution in [0.3, 0.4) is 0 Å². The van der Waals surface area contributed by atoms with Crippen molar-refractivity contribution in [2.45, 2.75) is 40.2 Å². The summed E-state index contributed by atoms with van der Waals surface area (Å²) in [6.45, 7) is 10.0. The largest absolute Gasteiger partial charge is 0.340 e. The number of hydrogen-bond acceptors (Lipinski definition) is 2. The Balaban J connectivity index is 2.04. The smallest absolute Gasteiger partial charge is 0.222 e. The maximum atomic E-state index is 12.1. The molecule has 2 N–H and O–H groups in total. The van der Waals surface area contributed by atoms with Crippen LogP contribution in [0.25, 0.3) is 0 Å². The molecule has 3 nitrogen and oxygen atoms in total. The molecule has 110 valence electrons. The van der Waals surface area contributed by atoms with E-state index in [1.807, 2.05) is 4.90 Å². The molecule has 1 aromatic rings. The molecule has 0 saturated carbocycles. The third-order valence-electron chi connectivity index (χ3n) is 4.28. The van der Waals surface area contributed by atoms with Crippen molar-refractivity contribution in [1.82, 2.24) is 4.90 Å². The number of aryl methyl sites for hydroxylation is 2. The summed E-state index contributed by atoms with van der Waals surface area (Å²) in [7, 11) is 0. The summed E-state index contributed by atoms with van der Waals surface area (Å²) in [6.07, 6.45) is 0.678. The van der Waals surface area contributed by atoms with Crippen molar-refractivity contribution in [3.63, 3.8) is 0 Å². The zero-order valence-electron chi connectivity index (χ0n) is 13.0. The molecule has 2 atom stereocenters. The first-order valence-electron chi connectivity index (χ1n) is 7.48. The Kier molecular flexibility index (Phi) is 4.48. The van der Waals surface area contributed by atoms with Gasteiger partial charge in [-0.3, -0.25) is 4.79 Å². The quantitative estimate of drug-likeness (QED) is 0.917. The lowest BCUT2D eigenvalue weighted by Gasteiger charge is -2.23. The van der Waals surface area contributed by atoms with Crippen LogP contribution in [0.5, 0.6) is 0 Å². The number of carbonyl (C=O) groups is 1. The van der Waals surface area contributed by atoms with Crippen molar-refractivity contribution in [3.05, 3.63) is 34.9 Å². The van der Waals surface area contributed by atoms with E-state index in [1.54, 1.807) is 0 Å². The van der Waals surface area contributed by atoms with Gasteiger partial charge in [0.05, 0.1) is 0 Å². The second-order valence-corrected chi connectivity index (χ2v) is 6.53. The average molecular weight is 274 g/mol. The molecule has 1 aliphatic rings. The van der Waals surface area contributed by atoms with Crippen LogP contribution in [0, 0.1) is 25.7 Å². The maximum absolute atomic E-state index is 12.1. The van der Waals surface area contributed by atoms with Crippen LogP contribution in [0.4, 0.5) is 0 Å². The fourth-order valence-corrected chi connectivity index (χ4v) is 2.99. The van der Waals surface area contributed by atoms with E-state index >= 15 is 0 Å². The van der Waals surface area contributed by atoms with Gasteiger partial charge in [0.25, 0.3) is 0 Å². The van der Waals surface area contributed by atoms with Gasteiger partial charge in [-0.05, 0) is 31.2 Å². The standard InChI is InChI=1S/C17H26N2O/c1-11(2)15-8-17(20)19(9-15)10-16(18)14-6-12(3)5-13(4)7-14/h5-7,11,15-16H,8-10,18H2,1-4H3. The average Bonchev–Trinajstić information content (AvgIpc) is 2.70. The third-order valence-corrected chi connectivity index (χ3v) is 4.28. The molecule has 1 saturated heterocycles. The first-order valence-corrected chi connectivity index (χ1v) is 7.48. The van der Waals surface area contributed by atoms with Gasteiger partial charge in [0.15, 0.2) is 0 Å². The number of benzene rings is 1. The topological polar surface area (TPSA) is 46.3 Å². The first kappa shape index (κ1) is 15.0. The highest BCUT2D eigenvalue weighted by Crippen LogP contribution is 2.26. The number of hydrogen-bond donors (Lipinski definition) is 1. The van der Waals surface area contributed by atoms with Crippen LogP contribution in [-0.4, -0.2) is 23.9 Å². The van der Waals surface area contributed by atoms with Gasteiger partial charge in [0.2, 0.25) is 5.91 Å². The van der Waals surface area contributed by atoms with Gasteiger partial charge in [-0.25, -0.2) is 0 Å². The fourth-order valence-electron chi connectivity index (χ4n) is 2.99. The molecule has 1 amide bonds. The second-order valence-electron chi connectivity index (χ2n) is 6.53. The Hall–Kier alpha value is -1.35. The molecular formula is C17H26N2O. The number of carbonyl (C=O) groups excluding carboxylic acids is 1. The zero-order valence-corrected chi connectivity index (χ0v) is 13.0. The highest BCUT2D eigenvalue weighted by molar-refractivity contribution is 5.78. The minimum absolute atomic E-state index is 0.0940. The van der Waals surface area contributed by atoms with Crippen molar-refractivity contribution in [1.29, 1.82) is 0 Å². The Morgan fingerprint density at radius 2 is 1.85 bits per heavy atom. The minimum atomic E-state index is -0.0940. The van der Waals surface area contributed by atoms with Crippen molar-refractivity contribution < 1.29 is 4.79 Å². The summed E-state index contributed by atoms with van der Waals surface area (Å²) in [5.74, 6) is 1.29. The number of nitrogens with zero attached hydrogens (tertiary/aromatic N) is 1. The lowest BCUT2D eigenvalue weighted by atomic mass is 9.95. The molecule has 1 aromatic carbocycles. The van der Waals surface area contributed by atoms with Crippen molar-refractivity contribution in [2.24, 2.45) is 17.6 Å². The number of rotatable bonds is 4. The van der Waals surface area contributed by atoms with E-state index in [1.165, 1.54) is 11.1 Å². The predicted molar refractivity (Wildman–Crippen MR) is 82.4 cm³/mol. The number of likely N-dealkylation sites (tertiary alicyclic amines) is 1. The lowest BCUT2D eigenvalue weighted by Crippen LogP contribution is -2.33. The van der Waals surface area contributed by atoms with Crippen LogP contribution in [0.2, 0.25) is 0 Å². The summed E-state index contributed by atoms with van der Waals surface area (Å²) in [5.41, 5.74) is 9.88. The van der Waals surface area contributed by atoms with Gasteiger partial charge >= 0.3 is 0 Å². The van der Waals surface area contributed by atoms with Crippen LogP contribution in [-0.2, 0) is 4.79 Å². The summed E-state index contributed by atoms with van der Waals surface area (Å²) in [6, 6.07) is 6.30. The summed E-state index contributed by atoms with van der Waals surface area (Å²) < 4.78 is 0. The third kappa shape index (κ3) is 3.40. The molecule has 0 aromatic heterocycles. The van der Waals surface area contributed by atoms with Gasteiger partial charge in [-0.1, -0.05) is 43.2 Å². The van der Waals surface area contributed by atoms with Crippen molar-refractivity contribution >= 4 is 5.91 Å². The molecule has 0 spiro atoms. The highest BCUT2D eigenvalue weighted by Gasteiger charge is 2.32. The van der Waals surface area contributed by atoms with E-state index in [4.69, 9.17) is 5.73 Å². The van der Waals surface area contributed by atoms with Crippen LogP contribution in [0.1, 0.15) is 43.0 Å². The Morgan fingerprint density at radius 3 is 2.35 bits per heavy atom. The zero-order chi connectivity index (χ0) is 14.9. The first-order chi connectivity index (χ1) is 9.36. The molecule has 0 aliphatic carbocycles. The number of amides is 1. The second kappa shape index (κ2) is 5.96. The van der Waals surface area contributed by atoms with Crippen molar-refractivity contribution in [2.75, 3.05) is 13.1 Å².